The first-order chi connectivity index (χ1) is 10.3. The first-order valence-electron chi connectivity index (χ1n) is 6.50. The van der Waals surface area contributed by atoms with E-state index in [2.05, 4.69) is 5.10 Å². The first-order valence-corrected chi connectivity index (χ1v) is 6.50. The summed E-state index contributed by atoms with van der Waals surface area (Å²) in [5.41, 5.74) is 11.2. The highest BCUT2D eigenvalue weighted by Gasteiger charge is 2.26. The lowest BCUT2D eigenvalue weighted by molar-refractivity contribution is 0.1000. The first kappa shape index (κ1) is 15.7. The normalized spacial score (nSPS) is 11.0. The molecule has 6 nitrogen and oxygen atoms in total. The molecule has 4 N–H and O–H groups in total. The van der Waals surface area contributed by atoms with E-state index in [0.717, 1.165) is 10.7 Å². The van der Waals surface area contributed by atoms with Gasteiger partial charge in [-0.3, -0.25) is 4.79 Å². The van der Waals surface area contributed by atoms with Crippen LogP contribution in [0.5, 0.6) is 5.75 Å². The van der Waals surface area contributed by atoms with Crippen molar-refractivity contribution in [2.45, 2.75) is 19.8 Å². The van der Waals surface area contributed by atoms with Gasteiger partial charge in [0.15, 0.2) is 11.6 Å². The second-order valence-corrected chi connectivity index (χ2v) is 4.99. The summed E-state index contributed by atoms with van der Waals surface area (Å²) in [4.78, 5) is 11.6. The van der Waals surface area contributed by atoms with Crippen LogP contribution in [0.4, 0.5) is 14.6 Å². The molecular weight excluding hydrogens is 294 g/mol. The molecule has 0 saturated heterocycles. The fourth-order valence-corrected chi connectivity index (χ4v) is 2.16. The fraction of sp³-hybridized carbons (Fsp3) is 0.286. The van der Waals surface area contributed by atoms with Crippen LogP contribution in [0.25, 0.3) is 5.69 Å². The number of primary amides is 1. The Morgan fingerprint density at radius 3 is 2.45 bits per heavy atom. The molecule has 8 heteroatoms. The number of halogens is 2. The number of benzene rings is 1. The van der Waals surface area contributed by atoms with Crippen molar-refractivity contribution in [3.8, 4) is 11.4 Å². The molecule has 0 unspecified atom stereocenters. The van der Waals surface area contributed by atoms with Crippen LogP contribution < -0.4 is 16.2 Å². The molecule has 1 aromatic carbocycles. The molecule has 118 valence electrons. The van der Waals surface area contributed by atoms with E-state index in [1.165, 1.54) is 13.2 Å². The van der Waals surface area contributed by atoms with Gasteiger partial charge in [-0.25, -0.2) is 13.5 Å². The monoisotopic (exact) mass is 310 g/mol. The molecule has 0 bridgehead atoms. The molecule has 0 spiro atoms. The Morgan fingerprint density at radius 1 is 1.36 bits per heavy atom. The molecule has 0 aliphatic heterocycles. The zero-order valence-corrected chi connectivity index (χ0v) is 12.4. The summed E-state index contributed by atoms with van der Waals surface area (Å²) in [6.45, 7) is 3.55. The average Bonchev–Trinajstić information content (AvgIpc) is 2.79. The number of nitrogen functional groups attached to an aromatic ring is 1. The third-order valence-corrected chi connectivity index (χ3v) is 3.21. The Bertz CT molecular complexity index is 741. The molecule has 0 aliphatic carbocycles. The predicted octanol–water partition coefficient (Wildman–Crippen LogP) is 1.96. The molecule has 0 aliphatic rings. The van der Waals surface area contributed by atoms with E-state index in [0.29, 0.717) is 5.69 Å². The van der Waals surface area contributed by atoms with Crippen molar-refractivity contribution < 1.29 is 18.3 Å². The van der Waals surface area contributed by atoms with Crippen LogP contribution in [-0.4, -0.2) is 22.8 Å². The number of nitrogens with zero attached hydrogens (tertiary/aromatic N) is 2. The summed E-state index contributed by atoms with van der Waals surface area (Å²) in [7, 11) is 1.30. The molecular formula is C14H16F2N4O2. The minimum Gasteiger partial charge on any atom is -0.494 e. The number of hydrogen-bond acceptors (Lipinski definition) is 4. The Morgan fingerprint density at radius 2 is 2.00 bits per heavy atom. The molecule has 22 heavy (non-hydrogen) atoms. The molecule has 1 amide bonds. The topological polar surface area (TPSA) is 96.2 Å². The van der Waals surface area contributed by atoms with Crippen molar-refractivity contribution in [1.29, 1.82) is 0 Å². The number of carbonyl (C=O) groups is 1. The lowest BCUT2D eigenvalue weighted by Crippen LogP contribution is -2.15. The van der Waals surface area contributed by atoms with Gasteiger partial charge in [0, 0.05) is 0 Å². The smallest absolute Gasteiger partial charge is 0.254 e. The lowest BCUT2D eigenvalue weighted by Gasteiger charge is -2.11. The van der Waals surface area contributed by atoms with Gasteiger partial charge in [-0.05, 0) is 18.1 Å². The summed E-state index contributed by atoms with van der Waals surface area (Å²) in [5, 5.41) is 4.12. The summed E-state index contributed by atoms with van der Waals surface area (Å²) >= 11 is 0. The van der Waals surface area contributed by atoms with E-state index >= 15 is 0 Å². The average molecular weight is 310 g/mol. The lowest BCUT2D eigenvalue weighted by atomic mass is 10.1. The maximum absolute atomic E-state index is 14.2. The van der Waals surface area contributed by atoms with Crippen molar-refractivity contribution in [2.24, 2.45) is 5.73 Å². The molecule has 0 radical (unpaired) electrons. The highest BCUT2D eigenvalue weighted by molar-refractivity contribution is 5.99. The summed E-state index contributed by atoms with van der Waals surface area (Å²) in [5.74, 6) is -3.38. The van der Waals surface area contributed by atoms with Crippen molar-refractivity contribution >= 4 is 11.7 Å². The van der Waals surface area contributed by atoms with E-state index in [-0.39, 0.29) is 28.7 Å². The van der Waals surface area contributed by atoms with Gasteiger partial charge in [0.1, 0.15) is 22.8 Å². The van der Waals surface area contributed by atoms with Crippen LogP contribution in [0, 0.1) is 11.6 Å². The summed E-state index contributed by atoms with van der Waals surface area (Å²) in [6, 6.07) is 2.17. The van der Waals surface area contributed by atoms with E-state index in [9.17, 15) is 13.6 Å². The number of amides is 1. The molecule has 1 heterocycles. The molecule has 0 atom stereocenters. The molecule has 2 rings (SSSR count). The van der Waals surface area contributed by atoms with Crippen LogP contribution in [0.3, 0.4) is 0 Å². The number of nitrogens with two attached hydrogens (primary N) is 2. The summed E-state index contributed by atoms with van der Waals surface area (Å²) in [6.07, 6.45) is 0. The van der Waals surface area contributed by atoms with Gasteiger partial charge < -0.3 is 16.2 Å². The van der Waals surface area contributed by atoms with Crippen LogP contribution >= 0.6 is 0 Å². The maximum Gasteiger partial charge on any atom is 0.254 e. The van der Waals surface area contributed by atoms with Gasteiger partial charge in [0.25, 0.3) is 5.91 Å². The largest absolute Gasteiger partial charge is 0.494 e. The standard InChI is InChI=1S/C14H16F2N4O2/c1-6(2)11-9(14(18)21)13(17)20(19-11)12-8(22-3)5-4-7(15)10(12)16/h4-6H,17H2,1-3H3,(H2,18,21). The van der Waals surface area contributed by atoms with Crippen molar-refractivity contribution in [3.05, 3.63) is 35.0 Å². The Labute approximate surface area is 125 Å². The summed E-state index contributed by atoms with van der Waals surface area (Å²) < 4.78 is 33.7. The fourth-order valence-electron chi connectivity index (χ4n) is 2.16. The molecule has 2 aromatic rings. The number of hydrogen-bond donors (Lipinski definition) is 2. The molecule has 1 aromatic heterocycles. The predicted molar refractivity (Wildman–Crippen MR) is 77.1 cm³/mol. The zero-order chi connectivity index (χ0) is 16.6. The van der Waals surface area contributed by atoms with Crippen molar-refractivity contribution in [1.82, 2.24) is 9.78 Å². The highest BCUT2D eigenvalue weighted by Crippen LogP contribution is 2.32. The zero-order valence-electron chi connectivity index (χ0n) is 12.4. The molecule has 0 saturated carbocycles. The second-order valence-electron chi connectivity index (χ2n) is 4.99. The number of ether oxygens (including phenoxy) is 1. The maximum atomic E-state index is 14.2. The Hall–Kier alpha value is -2.64. The number of rotatable bonds is 4. The van der Waals surface area contributed by atoms with Gasteiger partial charge >= 0.3 is 0 Å². The van der Waals surface area contributed by atoms with E-state index in [1.54, 1.807) is 13.8 Å². The quantitative estimate of drug-likeness (QED) is 0.902. The van der Waals surface area contributed by atoms with Gasteiger partial charge in [0.05, 0.1) is 12.8 Å². The number of anilines is 1. The van der Waals surface area contributed by atoms with Crippen LogP contribution in [0.2, 0.25) is 0 Å². The van der Waals surface area contributed by atoms with Crippen molar-refractivity contribution in [2.75, 3.05) is 12.8 Å². The number of methoxy groups -OCH3 is 1. The van der Waals surface area contributed by atoms with Crippen LogP contribution in [0.1, 0.15) is 35.8 Å². The second kappa shape index (κ2) is 5.63. The SMILES string of the molecule is COc1ccc(F)c(F)c1-n1nc(C(C)C)c(C(N)=O)c1N. The number of carbonyl (C=O) groups excluding carboxylic acids is 1. The van der Waals surface area contributed by atoms with Crippen LogP contribution in [0.15, 0.2) is 12.1 Å². The molecule has 0 fully saturated rings. The van der Waals surface area contributed by atoms with Gasteiger partial charge in [-0.1, -0.05) is 13.8 Å². The van der Waals surface area contributed by atoms with Crippen molar-refractivity contribution in [3.63, 3.8) is 0 Å². The van der Waals surface area contributed by atoms with E-state index in [4.69, 9.17) is 16.2 Å². The van der Waals surface area contributed by atoms with Gasteiger partial charge in [-0.15, -0.1) is 0 Å². The van der Waals surface area contributed by atoms with E-state index in [1.807, 2.05) is 0 Å². The third kappa shape index (κ3) is 2.36. The minimum atomic E-state index is -1.18. The van der Waals surface area contributed by atoms with E-state index < -0.39 is 17.5 Å². The Balaban J connectivity index is 2.82. The Kier molecular flexibility index (Phi) is 4.03. The number of aromatic nitrogens is 2. The minimum absolute atomic E-state index is 0.0132. The van der Waals surface area contributed by atoms with Gasteiger partial charge in [0.2, 0.25) is 0 Å². The third-order valence-electron chi connectivity index (χ3n) is 3.21. The highest BCUT2D eigenvalue weighted by atomic mass is 19.2. The van der Waals surface area contributed by atoms with Gasteiger partial charge in [-0.2, -0.15) is 5.10 Å². The van der Waals surface area contributed by atoms with Crippen LogP contribution in [-0.2, 0) is 0 Å².